The molecular weight excluding hydrogens is 443 g/mol. The number of hydrogen-bond donors (Lipinski definition) is 2. The molecule has 1 heterocycles. The van der Waals surface area contributed by atoms with Crippen LogP contribution in [-0.2, 0) is 16.0 Å². The van der Waals surface area contributed by atoms with Crippen LogP contribution in [0.2, 0.25) is 0 Å². The third-order valence-electron chi connectivity index (χ3n) is 7.54. The Balaban J connectivity index is 1.55. The highest BCUT2D eigenvalue weighted by atomic mass is 19.1. The van der Waals surface area contributed by atoms with E-state index in [1.165, 1.54) is 10.5 Å². The van der Waals surface area contributed by atoms with Crippen molar-refractivity contribution in [2.24, 2.45) is 22.1 Å². The summed E-state index contributed by atoms with van der Waals surface area (Å²) in [4.78, 5) is 31.4. The Morgan fingerprint density at radius 3 is 2.54 bits per heavy atom. The van der Waals surface area contributed by atoms with Gasteiger partial charge < -0.3 is 11.1 Å². The number of nitrogens with two attached hydrogens (primary N) is 1. The highest BCUT2D eigenvalue weighted by Crippen LogP contribution is 2.47. The van der Waals surface area contributed by atoms with Gasteiger partial charge >= 0.3 is 0 Å². The first kappa shape index (κ1) is 26.9. The van der Waals surface area contributed by atoms with Gasteiger partial charge in [-0.15, -0.1) is 0 Å². The van der Waals surface area contributed by atoms with Crippen molar-refractivity contribution < 1.29 is 14.0 Å². The van der Waals surface area contributed by atoms with E-state index >= 15 is 4.39 Å². The zero-order valence-corrected chi connectivity index (χ0v) is 21.9. The maximum absolute atomic E-state index is 16.0. The van der Waals surface area contributed by atoms with Crippen molar-refractivity contribution >= 4 is 17.8 Å². The number of carbonyl (C=O) groups excluding carboxylic acids is 2. The molecule has 0 saturated carbocycles. The van der Waals surface area contributed by atoms with Crippen LogP contribution in [0.1, 0.15) is 72.3 Å². The standard InChI is InChI=1S/C28H41FN4O2/c1-20(2)16-27(4)24(35)33(25(30)32-27)19-26(3)15-14-22(17-28(26,5)29)18-31-23(34)13-9-12-21-10-7-6-8-11-21/h6-8,10-11,14,20H,9,12-13,15-19H2,1-5H3,(H2,30,32)(H,31,34). The van der Waals surface area contributed by atoms with Gasteiger partial charge in [0.2, 0.25) is 5.91 Å². The highest BCUT2D eigenvalue weighted by molar-refractivity contribution is 6.06. The lowest BCUT2D eigenvalue weighted by atomic mass is 9.66. The number of aliphatic imine (C=N–C) groups is 1. The van der Waals surface area contributed by atoms with Gasteiger partial charge in [0.05, 0.1) is 0 Å². The van der Waals surface area contributed by atoms with Crippen molar-refractivity contribution in [2.45, 2.75) is 84.4 Å². The van der Waals surface area contributed by atoms with Crippen LogP contribution in [0, 0.1) is 11.3 Å². The summed E-state index contributed by atoms with van der Waals surface area (Å²) < 4.78 is 16.0. The Bertz CT molecular complexity index is 988. The summed E-state index contributed by atoms with van der Waals surface area (Å²) in [5.74, 6) is 0.286. The number of hydrogen-bond acceptors (Lipinski definition) is 4. The SMILES string of the molecule is CC(C)CC1(C)N=C(N)N(CC2(C)CC=C(CNC(=O)CCCc3ccccc3)CC2(C)F)C1=O. The molecule has 3 atom stereocenters. The van der Waals surface area contributed by atoms with Crippen molar-refractivity contribution in [2.75, 3.05) is 13.1 Å². The van der Waals surface area contributed by atoms with Crippen LogP contribution in [0.3, 0.4) is 0 Å². The summed E-state index contributed by atoms with van der Waals surface area (Å²) in [6.45, 7) is 9.87. The third-order valence-corrected chi connectivity index (χ3v) is 7.54. The van der Waals surface area contributed by atoms with Gasteiger partial charge in [-0.2, -0.15) is 0 Å². The Labute approximate surface area is 209 Å². The first-order valence-electron chi connectivity index (χ1n) is 12.7. The van der Waals surface area contributed by atoms with Gasteiger partial charge in [0, 0.05) is 31.3 Å². The number of aryl methyl sites for hydroxylation is 1. The summed E-state index contributed by atoms with van der Waals surface area (Å²) in [6, 6.07) is 10.1. The quantitative estimate of drug-likeness (QED) is 0.478. The lowest BCUT2D eigenvalue weighted by Crippen LogP contribution is -2.54. The summed E-state index contributed by atoms with van der Waals surface area (Å²) in [7, 11) is 0. The molecule has 0 radical (unpaired) electrons. The number of rotatable bonds is 10. The molecule has 192 valence electrons. The van der Waals surface area contributed by atoms with E-state index in [0.29, 0.717) is 25.8 Å². The highest BCUT2D eigenvalue weighted by Gasteiger charge is 2.52. The normalized spacial score (nSPS) is 28.8. The summed E-state index contributed by atoms with van der Waals surface area (Å²) >= 11 is 0. The Morgan fingerprint density at radius 2 is 1.91 bits per heavy atom. The lowest BCUT2D eigenvalue weighted by molar-refractivity contribution is -0.133. The molecule has 35 heavy (non-hydrogen) atoms. The molecule has 1 aromatic rings. The number of guanidine groups is 1. The average molecular weight is 485 g/mol. The predicted octanol–water partition coefficient (Wildman–Crippen LogP) is 4.54. The topological polar surface area (TPSA) is 87.8 Å². The van der Waals surface area contributed by atoms with E-state index in [-0.39, 0.29) is 36.7 Å². The number of halogens is 1. The number of carbonyl (C=O) groups is 2. The molecular formula is C28H41FN4O2. The molecule has 1 aromatic carbocycles. The van der Waals surface area contributed by atoms with E-state index in [2.05, 4.69) is 22.4 Å². The number of benzene rings is 1. The van der Waals surface area contributed by atoms with Crippen LogP contribution in [0.25, 0.3) is 0 Å². The number of nitrogens with zero attached hydrogens (tertiary/aromatic N) is 2. The number of nitrogens with one attached hydrogen (secondary N) is 1. The molecule has 7 heteroatoms. The molecule has 3 N–H and O–H groups in total. The first-order chi connectivity index (χ1) is 16.4. The molecule has 0 spiro atoms. The first-order valence-corrected chi connectivity index (χ1v) is 12.7. The molecule has 1 aliphatic heterocycles. The fourth-order valence-corrected chi connectivity index (χ4v) is 5.24. The molecule has 3 rings (SSSR count). The molecule has 0 saturated heterocycles. The zero-order valence-electron chi connectivity index (χ0n) is 21.9. The maximum Gasteiger partial charge on any atom is 0.257 e. The van der Waals surface area contributed by atoms with Gasteiger partial charge in [-0.05, 0) is 51.0 Å². The van der Waals surface area contributed by atoms with E-state index in [0.717, 1.165) is 18.4 Å². The third kappa shape index (κ3) is 6.30. The van der Waals surface area contributed by atoms with Crippen molar-refractivity contribution in [1.29, 1.82) is 0 Å². The van der Waals surface area contributed by atoms with Crippen LogP contribution >= 0.6 is 0 Å². The summed E-state index contributed by atoms with van der Waals surface area (Å²) in [6.07, 6.45) is 5.34. The van der Waals surface area contributed by atoms with Gasteiger partial charge in [-0.25, -0.2) is 9.38 Å². The average Bonchev–Trinajstić information content (AvgIpc) is 2.97. The molecule has 3 unspecified atom stereocenters. The fourth-order valence-electron chi connectivity index (χ4n) is 5.24. The minimum absolute atomic E-state index is 0.0215. The summed E-state index contributed by atoms with van der Waals surface area (Å²) in [5.41, 5.74) is 4.97. The Hall–Kier alpha value is -2.70. The Morgan fingerprint density at radius 1 is 1.23 bits per heavy atom. The monoisotopic (exact) mass is 484 g/mol. The van der Waals surface area contributed by atoms with Gasteiger partial charge in [-0.1, -0.05) is 62.8 Å². The predicted molar refractivity (Wildman–Crippen MR) is 139 cm³/mol. The molecule has 1 aliphatic carbocycles. The maximum atomic E-state index is 16.0. The fraction of sp³-hybridized carbons (Fsp3) is 0.607. The molecule has 2 amide bonds. The molecule has 0 fully saturated rings. The number of amides is 2. The van der Waals surface area contributed by atoms with Crippen LogP contribution in [0.15, 0.2) is 47.0 Å². The molecule has 6 nitrogen and oxygen atoms in total. The summed E-state index contributed by atoms with van der Waals surface area (Å²) in [5, 5.41) is 2.94. The van der Waals surface area contributed by atoms with Gasteiger partial charge in [-0.3, -0.25) is 14.5 Å². The second-order valence-electron chi connectivity index (χ2n) is 11.4. The van der Waals surface area contributed by atoms with Crippen molar-refractivity contribution in [3.05, 3.63) is 47.5 Å². The zero-order chi connectivity index (χ0) is 25.9. The van der Waals surface area contributed by atoms with E-state index < -0.39 is 16.6 Å². The van der Waals surface area contributed by atoms with Gasteiger partial charge in [0.25, 0.3) is 5.91 Å². The smallest absolute Gasteiger partial charge is 0.257 e. The number of allylic oxidation sites excluding steroid dienone is 1. The van der Waals surface area contributed by atoms with Crippen LogP contribution < -0.4 is 11.1 Å². The van der Waals surface area contributed by atoms with E-state index in [1.54, 1.807) is 13.8 Å². The van der Waals surface area contributed by atoms with Crippen molar-refractivity contribution in [3.63, 3.8) is 0 Å². The lowest BCUT2D eigenvalue weighted by Gasteiger charge is -2.46. The molecule has 0 bridgehead atoms. The second-order valence-corrected chi connectivity index (χ2v) is 11.4. The van der Waals surface area contributed by atoms with E-state index in [4.69, 9.17) is 5.73 Å². The molecule has 2 aliphatic rings. The van der Waals surface area contributed by atoms with Gasteiger partial charge in [0.15, 0.2) is 5.96 Å². The second kappa shape index (κ2) is 10.5. The van der Waals surface area contributed by atoms with Crippen LogP contribution in [0.4, 0.5) is 4.39 Å². The minimum Gasteiger partial charge on any atom is -0.369 e. The van der Waals surface area contributed by atoms with E-state index in [1.807, 2.05) is 45.0 Å². The minimum atomic E-state index is -1.56. The number of alkyl halides is 1. The van der Waals surface area contributed by atoms with E-state index in [9.17, 15) is 9.59 Å². The van der Waals surface area contributed by atoms with Crippen molar-refractivity contribution in [3.8, 4) is 0 Å². The Kier molecular flexibility index (Phi) is 8.07. The van der Waals surface area contributed by atoms with Gasteiger partial charge in [0.1, 0.15) is 11.2 Å². The largest absolute Gasteiger partial charge is 0.369 e. The van der Waals surface area contributed by atoms with Crippen LogP contribution in [0.5, 0.6) is 0 Å². The van der Waals surface area contributed by atoms with Crippen LogP contribution in [-0.4, -0.2) is 47.0 Å². The van der Waals surface area contributed by atoms with Crippen molar-refractivity contribution in [1.82, 2.24) is 10.2 Å². The molecule has 0 aromatic heterocycles.